The van der Waals surface area contributed by atoms with Crippen LogP contribution in [-0.2, 0) is 16.0 Å². The van der Waals surface area contributed by atoms with Crippen LogP contribution in [0.1, 0.15) is 24.6 Å². The van der Waals surface area contributed by atoms with Gasteiger partial charge >= 0.3 is 11.9 Å². The largest absolute Gasteiger partial charge is 0.466 e. The van der Waals surface area contributed by atoms with E-state index in [1.54, 1.807) is 13.8 Å². The Bertz CT molecular complexity index is 1140. The first kappa shape index (κ1) is 22.5. The molecule has 0 saturated carbocycles. The van der Waals surface area contributed by atoms with Crippen molar-refractivity contribution in [1.82, 2.24) is 9.97 Å². The summed E-state index contributed by atoms with van der Waals surface area (Å²) in [5, 5.41) is 2.99. The molecule has 0 fully saturated rings. The molecule has 0 radical (unpaired) electrons. The number of nitrogens with one attached hydrogen (secondary N) is 3. The monoisotopic (exact) mass is 436 g/mol. The number of anilines is 1. The van der Waals surface area contributed by atoms with Crippen molar-refractivity contribution in [3.8, 4) is 11.5 Å². The van der Waals surface area contributed by atoms with Crippen LogP contribution in [0.4, 0.5) is 11.6 Å². The lowest BCUT2D eigenvalue weighted by molar-refractivity contribution is -0.365. The molecule has 0 amide bonds. The fourth-order valence-electron chi connectivity index (χ4n) is 2.97. The fraction of sp³-hybridized carbons (Fsp3) is 0.217. The van der Waals surface area contributed by atoms with Gasteiger partial charge in [-0.1, -0.05) is 18.2 Å². The summed E-state index contributed by atoms with van der Waals surface area (Å²) in [6, 6.07) is 16.7. The van der Waals surface area contributed by atoms with E-state index in [-0.39, 0.29) is 36.3 Å². The van der Waals surface area contributed by atoms with Gasteiger partial charge in [-0.25, -0.2) is 9.98 Å². The van der Waals surface area contributed by atoms with Crippen LogP contribution in [0.2, 0.25) is 0 Å². The molecule has 1 heterocycles. The highest BCUT2D eigenvalue weighted by Crippen LogP contribution is 2.22. The average Bonchev–Trinajstić information content (AvgIpc) is 2.75. The molecule has 0 atom stereocenters. The number of aromatic amines is 1. The molecule has 5 N–H and O–H groups in total. The number of hydrogen-bond donors (Lipinski definition) is 4. The standard InChI is InChI=1S/C23H25N5O4/c1-3-31-20(29)14-13-19-15(2)25-23(27-21(19)30)28-22(24)26-16-9-11-18(12-10-16)32-17-7-5-4-6-8-17/h4-12H,3,13-14H2,1-2H3,(H4,24,25,26,27,28,30)/p+1. The quantitative estimate of drug-likeness (QED) is 0.239. The number of ether oxygens (including phenoxy) is 2. The number of nitrogens with zero attached hydrogens (tertiary/aromatic N) is 1. The SMILES string of the molecule is CCOC(=O)CCc1c(C)nc([NH+]=C(N)Nc2ccc(Oc3ccccc3)cc2)[nH]c1=O. The maximum Gasteiger partial charge on any atom is 0.325 e. The first-order chi connectivity index (χ1) is 15.4. The Hall–Kier alpha value is -4.14. The molecule has 0 aliphatic carbocycles. The van der Waals surface area contributed by atoms with Crippen LogP contribution in [0.15, 0.2) is 59.4 Å². The summed E-state index contributed by atoms with van der Waals surface area (Å²) in [7, 11) is 0. The highest BCUT2D eigenvalue weighted by molar-refractivity contribution is 5.88. The summed E-state index contributed by atoms with van der Waals surface area (Å²) in [6.07, 6.45) is 0.369. The number of benzene rings is 2. The van der Waals surface area contributed by atoms with Gasteiger partial charge in [-0.3, -0.25) is 14.9 Å². The maximum absolute atomic E-state index is 12.4. The number of carbonyl (C=O) groups excluding carboxylic acids is 1. The van der Waals surface area contributed by atoms with Gasteiger partial charge in [0.05, 0.1) is 23.6 Å². The Morgan fingerprint density at radius 3 is 2.47 bits per heavy atom. The van der Waals surface area contributed by atoms with Gasteiger partial charge in [-0.2, -0.15) is 0 Å². The molecule has 0 unspecified atom stereocenters. The first-order valence-electron chi connectivity index (χ1n) is 10.2. The minimum absolute atomic E-state index is 0.117. The molecule has 1 aromatic heterocycles. The number of guanidine groups is 1. The summed E-state index contributed by atoms with van der Waals surface area (Å²) in [5.41, 5.74) is 7.34. The van der Waals surface area contributed by atoms with Crippen molar-refractivity contribution < 1.29 is 19.3 Å². The van der Waals surface area contributed by atoms with E-state index in [0.717, 1.165) is 11.4 Å². The van der Waals surface area contributed by atoms with Crippen molar-refractivity contribution in [3.63, 3.8) is 0 Å². The second kappa shape index (κ2) is 10.8. The van der Waals surface area contributed by atoms with Gasteiger partial charge in [-0.05, 0) is 56.7 Å². The lowest BCUT2D eigenvalue weighted by atomic mass is 10.1. The van der Waals surface area contributed by atoms with Gasteiger partial charge < -0.3 is 15.2 Å². The average molecular weight is 436 g/mol. The Kier molecular flexibility index (Phi) is 7.58. The van der Waals surface area contributed by atoms with Gasteiger partial charge in [0.15, 0.2) is 0 Å². The molecule has 0 bridgehead atoms. The smallest absolute Gasteiger partial charge is 0.325 e. The van der Waals surface area contributed by atoms with Gasteiger partial charge in [0.2, 0.25) is 0 Å². The summed E-state index contributed by atoms with van der Waals surface area (Å²) >= 11 is 0. The second-order valence-electron chi connectivity index (χ2n) is 6.89. The first-order valence-corrected chi connectivity index (χ1v) is 10.2. The van der Waals surface area contributed by atoms with Crippen molar-refractivity contribution in [3.05, 3.63) is 76.2 Å². The Labute approximate surface area is 185 Å². The third-order valence-corrected chi connectivity index (χ3v) is 4.47. The number of nitrogens with two attached hydrogens (primary N) is 1. The van der Waals surface area contributed by atoms with Crippen LogP contribution in [0.5, 0.6) is 11.5 Å². The number of carbonyl (C=O) groups is 1. The van der Waals surface area contributed by atoms with Crippen LogP contribution < -0.4 is 26.3 Å². The van der Waals surface area contributed by atoms with E-state index in [1.807, 2.05) is 54.6 Å². The van der Waals surface area contributed by atoms with E-state index >= 15 is 0 Å². The predicted octanol–water partition coefficient (Wildman–Crippen LogP) is 1.51. The van der Waals surface area contributed by atoms with Crippen molar-refractivity contribution in [2.45, 2.75) is 26.7 Å². The second-order valence-corrected chi connectivity index (χ2v) is 6.89. The number of esters is 1. The number of para-hydroxylation sites is 1. The molecule has 2 aromatic carbocycles. The summed E-state index contributed by atoms with van der Waals surface area (Å²) in [4.78, 5) is 33.7. The summed E-state index contributed by atoms with van der Waals surface area (Å²) < 4.78 is 10.7. The fourth-order valence-corrected chi connectivity index (χ4v) is 2.97. The van der Waals surface area contributed by atoms with Gasteiger partial charge in [0, 0.05) is 6.42 Å². The molecule has 9 heteroatoms. The summed E-state index contributed by atoms with van der Waals surface area (Å²) in [6.45, 7) is 3.75. The van der Waals surface area contributed by atoms with E-state index in [9.17, 15) is 9.59 Å². The zero-order chi connectivity index (χ0) is 22.9. The molecule has 9 nitrogen and oxygen atoms in total. The number of H-pyrrole nitrogens is 1. The van der Waals surface area contributed by atoms with E-state index in [4.69, 9.17) is 15.2 Å². The third kappa shape index (κ3) is 6.43. The summed E-state index contributed by atoms with van der Waals surface area (Å²) in [5.74, 6) is 1.46. The highest BCUT2D eigenvalue weighted by atomic mass is 16.5. The topological polar surface area (TPSA) is 133 Å². The number of hydrogen-bond acceptors (Lipinski definition) is 5. The minimum Gasteiger partial charge on any atom is -0.466 e. The molecule has 3 aromatic rings. The van der Waals surface area contributed by atoms with Crippen LogP contribution >= 0.6 is 0 Å². The number of aryl methyl sites for hydroxylation is 1. The lowest BCUT2D eigenvalue weighted by Gasteiger charge is -2.07. The van der Waals surface area contributed by atoms with Crippen LogP contribution in [0.25, 0.3) is 0 Å². The molecule has 32 heavy (non-hydrogen) atoms. The van der Waals surface area contributed by atoms with E-state index in [1.165, 1.54) is 0 Å². The van der Waals surface area contributed by atoms with Crippen molar-refractivity contribution in [1.29, 1.82) is 0 Å². The van der Waals surface area contributed by atoms with E-state index in [2.05, 4.69) is 20.3 Å². The molecule has 3 rings (SSSR count). The van der Waals surface area contributed by atoms with Crippen LogP contribution in [0, 0.1) is 6.92 Å². The van der Waals surface area contributed by atoms with Gasteiger partial charge in [-0.15, -0.1) is 4.98 Å². The van der Waals surface area contributed by atoms with Crippen molar-refractivity contribution in [2.24, 2.45) is 5.73 Å². The van der Waals surface area contributed by atoms with Crippen LogP contribution in [-0.4, -0.2) is 28.5 Å². The van der Waals surface area contributed by atoms with Crippen molar-refractivity contribution in [2.75, 3.05) is 11.9 Å². The normalized spacial score (nSPS) is 11.1. The maximum atomic E-state index is 12.4. The molecule has 0 saturated heterocycles. The molecule has 166 valence electrons. The Balaban J connectivity index is 1.64. The van der Waals surface area contributed by atoms with Crippen molar-refractivity contribution >= 4 is 23.6 Å². The highest BCUT2D eigenvalue weighted by Gasteiger charge is 2.14. The van der Waals surface area contributed by atoms with Crippen LogP contribution in [0.3, 0.4) is 0 Å². The molecular weight excluding hydrogens is 410 g/mol. The van der Waals surface area contributed by atoms with E-state index < -0.39 is 0 Å². The Morgan fingerprint density at radius 2 is 1.81 bits per heavy atom. The zero-order valence-corrected chi connectivity index (χ0v) is 18.0. The molecule has 0 spiro atoms. The zero-order valence-electron chi connectivity index (χ0n) is 18.0. The Morgan fingerprint density at radius 1 is 1.12 bits per heavy atom. The molecule has 0 aliphatic rings. The van der Waals surface area contributed by atoms with Gasteiger partial charge in [0.1, 0.15) is 11.5 Å². The predicted molar refractivity (Wildman–Crippen MR) is 121 cm³/mol. The number of aromatic nitrogens is 2. The molecule has 0 aliphatic heterocycles. The minimum atomic E-state index is -0.351. The lowest BCUT2D eigenvalue weighted by Crippen LogP contribution is -2.73. The third-order valence-electron chi connectivity index (χ3n) is 4.47. The van der Waals surface area contributed by atoms with Gasteiger partial charge in [0.25, 0.3) is 11.5 Å². The number of rotatable bonds is 8. The molecular formula is C23H26N5O4+. The van der Waals surface area contributed by atoms with E-state index in [0.29, 0.717) is 23.6 Å².